The smallest absolute Gasteiger partial charge is 0.225 e. The third kappa shape index (κ3) is 2.86. The molecular formula is C20H15F2NO2S. The normalized spacial score (nSPS) is 16.1. The molecule has 1 aromatic heterocycles. The molecule has 1 amide bonds. The molecule has 2 aromatic carbocycles. The quantitative estimate of drug-likeness (QED) is 0.689. The van der Waals surface area contributed by atoms with Crippen molar-refractivity contribution in [3.05, 3.63) is 69.9 Å². The lowest BCUT2D eigenvalue weighted by Gasteiger charge is -2.24. The molecule has 6 heteroatoms. The SMILES string of the molecule is COc1ccc(-c2csc3c2NC(=O)CC3c2cc(F)ccc2F)cc1. The molecule has 1 unspecified atom stereocenters. The Labute approximate surface area is 153 Å². The summed E-state index contributed by atoms with van der Waals surface area (Å²) in [5.41, 5.74) is 2.67. The lowest BCUT2D eigenvalue weighted by Crippen LogP contribution is -2.23. The molecule has 132 valence electrons. The van der Waals surface area contributed by atoms with E-state index in [-0.39, 0.29) is 17.9 Å². The van der Waals surface area contributed by atoms with Crippen molar-refractivity contribution < 1.29 is 18.3 Å². The molecule has 1 atom stereocenters. The number of hydrogen-bond acceptors (Lipinski definition) is 3. The number of carbonyl (C=O) groups is 1. The topological polar surface area (TPSA) is 38.3 Å². The van der Waals surface area contributed by atoms with Gasteiger partial charge in [0, 0.05) is 28.2 Å². The number of halogens is 2. The highest BCUT2D eigenvalue weighted by Crippen LogP contribution is 2.47. The number of methoxy groups -OCH3 is 1. The summed E-state index contributed by atoms with van der Waals surface area (Å²) >= 11 is 1.44. The lowest BCUT2D eigenvalue weighted by molar-refractivity contribution is -0.116. The maximum atomic E-state index is 14.3. The van der Waals surface area contributed by atoms with Gasteiger partial charge in [0.05, 0.1) is 12.8 Å². The van der Waals surface area contributed by atoms with Gasteiger partial charge in [0.2, 0.25) is 5.91 Å². The molecule has 0 bridgehead atoms. The average molecular weight is 371 g/mol. The molecule has 0 saturated heterocycles. The van der Waals surface area contributed by atoms with Crippen molar-refractivity contribution in [2.24, 2.45) is 0 Å². The lowest BCUT2D eigenvalue weighted by atomic mass is 9.88. The number of fused-ring (bicyclic) bond motifs is 1. The first kappa shape index (κ1) is 16.7. The second-order valence-corrected chi connectivity index (χ2v) is 7.00. The predicted molar refractivity (Wildman–Crippen MR) is 97.8 cm³/mol. The first-order valence-electron chi connectivity index (χ1n) is 8.07. The van der Waals surface area contributed by atoms with Crippen LogP contribution in [0.4, 0.5) is 14.5 Å². The van der Waals surface area contributed by atoms with E-state index in [1.54, 1.807) is 7.11 Å². The Balaban J connectivity index is 1.81. The zero-order chi connectivity index (χ0) is 18.3. The minimum Gasteiger partial charge on any atom is -0.497 e. The van der Waals surface area contributed by atoms with Crippen LogP contribution in [0.3, 0.4) is 0 Å². The van der Waals surface area contributed by atoms with Crippen LogP contribution in [-0.2, 0) is 4.79 Å². The van der Waals surface area contributed by atoms with E-state index in [2.05, 4.69) is 5.32 Å². The molecule has 2 heterocycles. The van der Waals surface area contributed by atoms with Crippen LogP contribution in [-0.4, -0.2) is 13.0 Å². The van der Waals surface area contributed by atoms with Gasteiger partial charge in [-0.3, -0.25) is 4.79 Å². The molecule has 0 saturated carbocycles. The Morgan fingerprint density at radius 1 is 1.15 bits per heavy atom. The number of ether oxygens (including phenoxy) is 1. The van der Waals surface area contributed by atoms with Crippen LogP contribution >= 0.6 is 11.3 Å². The first-order valence-corrected chi connectivity index (χ1v) is 8.95. The minimum atomic E-state index is -0.513. The summed E-state index contributed by atoms with van der Waals surface area (Å²) in [6.45, 7) is 0. The largest absolute Gasteiger partial charge is 0.497 e. The minimum absolute atomic E-state index is 0.0932. The molecule has 3 aromatic rings. The Hall–Kier alpha value is -2.73. The van der Waals surface area contributed by atoms with Gasteiger partial charge in [-0.15, -0.1) is 11.3 Å². The van der Waals surface area contributed by atoms with Crippen LogP contribution in [0.1, 0.15) is 22.8 Å². The molecule has 4 rings (SSSR count). The summed E-state index contributed by atoms with van der Waals surface area (Å²) in [4.78, 5) is 13.1. The van der Waals surface area contributed by atoms with Gasteiger partial charge in [-0.2, -0.15) is 0 Å². The van der Waals surface area contributed by atoms with Gasteiger partial charge in [-0.05, 0) is 41.5 Å². The van der Waals surface area contributed by atoms with Gasteiger partial charge in [-0.25, -0.2) is 8.78 Å². The Kier molecular flexibility index (Phi) is 4.20. The van der Waals surface area contributed by atoms with E-state index in [4.69, 9.17) is 4.74 Å². The number of amides is 1. The standard InChI is InChI=1S/C20H15F2NO2S/c1-25-13-5-2-11(3-6-13)16-10-26-20-15(9-18(24)23-19(16)20)14-8-12(21)4-7-17(14)22/h2-8,10,15H,9H2,1H3,(H,23,24). The highest BCUT2D eigenvalue weighted by atomic mass is 32.1. The van der Waals surface area contributed by atoms with Crippen molar-refractivity contribution in [2.45, 2.75) is 12.3 Å². The fraction of sp³-hybridized carbons (Fsp3) is 0.150. The molecule has 3 nitrogen and oxygen atoms in total. The van der Waals surface area contributed by atoms with Gasteiger partial charge >= 0.3 is 0 Å². The van der Waals surface area contributed by atoms with Crippen molar-refractivity contribution >= 4 is 22.9 Å². The van der Waals surface area contributed by atoms with E-state index in [1.807, 2.05) is 29.6 Å². The number of thiophene rings is 1. The molecule has 0 aliphatic carbocycles. The maximum Gasteiger partial charge on any atom is 0.225 e. The Morgan fingerprint density at radius 3 is 2.65 bits per heavy atom. The summed E-state index contributed by atoms with van der Waals surface area (Å²) in [6, 6.07) is 10.9. The third-order valence-corrected chi connectivity index (χ3v) is 5.62. The van der Waals surface area contributed by atoms with Gasteiger partial charge < -0.3 is 10.1 Å². The van der Waals surface area contributed by atoms with Gasteiger partial charge in [0.15, 0.2) is 0 Å². The van der Waals surface area contributed by atoms with Crippen LogP contribution in [0.25, 0.3) is 11.1 Å². The van der Waals surface area contributed by atoms with Gasteiger partial charge in [0.1, 0.15) is 17.4 Å². The molecule has 26 heavy (non-hydrogen) atoms. The molecule has 1 aliphatic rings. The van der Waals surface area contributed by atoms with E-state index in [0.29, 0.717) is 5.69 Å². The van der Waals surface area contributed by atoms with Crippen molar-refractivity contribution in [3.8, 4) is 16.9 Å². The zero-order valence-electron chi connectivity index (χ0n) is 13.9. The van der Waals surface area contributed by atoms with E-state index in [0.717, 1.165) is 33.9 Å². The van der Waals surface area contributed by atoms with Crippen LogP contribution in [0.15, 0.2) is 47.8 Å². The molecule has 0 spiro atoms. The van der Waals surface area contributed by atoms with Crippen LogP contribution < -0.4 is 10.1 Å². The van der Waals surface area contributed by atoms with E-state index >= 15 is 0 Å². The monoisotopic (exact) mass is 371 g/mol. The van der Waals surface area contributed by atoms with Crippen molar-refractivity contribution in [1.29, 1.82) is 0 Å². The van der Waals surface area contributed by atoms with Gasteiger partial charge in [0.25, 0.3) is 0 Å². The molecule has 1 N–H and O–H groups in total. The van der Waals surface area contributed by atoms with E-state index < -0.39 is 17.6 Å². The number of anilines is 1. The maximum absolute atomic E-state index is 14.3. The Bertz CT molecular complexity index is 982. The second kappa shape index (κ2) is 6.53. The fourth-order valence-corrected chi connectivity index (χ4v) is 4.39. The van der Waals surface area contributed by atoms with Crippen molar-refractivity contribution in [3.63, 3.8) is 0 Å². The highest BCUT2D eigenvalue weighted by Gasteiger charge is 2.32. The van der Waals surface area contributed by atoms with E-state index in [1.165, 1.54) is 17.4 Å². The number of benzene rings is 2. The first-order chi connectivity index (χ1) is 12.6. The second-order valence-electron chi connectivity index (χ2n) is 6.09. The number of carbonyl (C=O) groups excluding carboxylic acids is 1. The highest BCUT2D eigenvalue weighted by molar-refractivity contribution is 7.11. The molecular weight excluding hydrogens is 356 g/mol. The summed E-state index contributed by atoms with van der Waals surface area (Å²) in [7, 11) is 1.60. The summed E-state index contributed by atoms with van der Waals surface area (Å²) in [5.74, 6) is -0.982. The summed E-state index contributed by atoms with van der Waals surface area (Å²) in [5, 5.41) is 4.83. The average Bonchev–Trinajstić information content (AvgIpc) is 3.07. The van der Waals surface area contributed by atoms with Gasteiger partial charge in [-0.1, -0.05) is 12.1 Å². The zero-order valence-corrected chi connectivity index (χ0v) is 14.7. The fourth-order valence-electron chi connectivity index (χ4n) is 3.24. The van der Waals surface area contributed by atoms with Crippen LogP contribution in [0.2, 0.25) is 0 Å². The van der Waals surface area contributed by atoms with E-state index in [9.17, 15) is 13.6 Å². The van der Waals surface area contributed by atoms with Crippen LogP contribution in [0, 0.1) is 11.6 Å². The Morgan fingerprint density at radius 2 is 1.92 bits per heavy atom. The van der Waals surface area contributed by atoms with Crippen molar-refractivity contribution in [1.82, 2.24) is 0 Å². The van der Waals surface area contributed by atoms with Crippen molar-refractivity contribution in [2.75, 3.05) is 12.4 Å². The number of nitrogens with one attached hydrogen (secondary N) is 1. The summed E-state index contributed by atoms with van der Waals surface area (Å²) < 4.78 is 33.1. The molecule has 0 fully saturated rings. The number of rotatable bonds is 3. The van der Waals surface area contributed by atoms with Crippen LogP contribution in [0.5, 0.6) is 5.75 Å². The number of hydrogen-bond donors (Lipinski definition) is 1. The third-order valence-electron chi connectivity index (χ3n) is 4.52. The predicted octanol–water partition coefficient (Wildman–Crippen LogP) is 5.18. The molecule has 0 radical (unpaired) electrons. The molecule has 1 aliphatic heterocycles. The summed E-state index contributed by atoms with van der Waals surface area (Å²) in [6.07, 6.45) is 0.0932.